The molecule has 0 spiro atoms. The average Bonchev–Trinajstić information content (AvgIpc) is 3.27. The molecule has 10 heteroatoms. The van der Waals surface area contributed by atoms with E-state index < -0.39 is 5.37 Å². The summed E-state index contributed by atoms with van der Waals surface area (Å²) in [7, 11) is 0. The molecule has 4 rings (SSSR count). The van der Waals surface area contributed by atoms with E-state index in [0.29, 0.717) is 43.5 Å². The first-order chi connectivity index (χ1) is 13.7. The van der Waals surface area contributed by atoms with Crippen molar-refractivity contribution in [2.45, 2.75) is 43.6 Å². The molecule has 2 fully saturated rings. The molecule has 9 nitrogen and oxygen atoms in total. The molecule has 1 saturated carbocycles. The van der Waals surface area contributed by atoms with Gasteiger partial charge in [0.2, 0.25) is 11.9 Å². The minimum Gasteiger partial charge on any atom is -0.378 e. The third-order valence-corrected chi connectivity index (χ3v) is 5.39. The molecule has 28 heavy (non-hydrogen) atoms. The molecule has 0 aromatic carbocycles. The Labute approximate surface area is 170 Å². The third-order valence-electron chi connectivity index (χ3n) is 5.16. The quantitative estimate of drug-likeness (QED) is 0.547. The number of anilines is 2. The highest BCUT2D eigenvalue weighted by atomic mass is 32.1. The summed E-state index contributed by atoms with van der Waals surface area (Å²) < 4.78 is 5.46. The van der Waals surface area contributed by atoms with Gasteiger partial charge < -0.3 is 20.3 Å². The van der Waals surface area contributed by atoms with Crippen molar-refractivity contribution in [2.24, 2.45) is 5.73 Å². The second-order valence-corrected chi connectivity index (χ2v) is 7.66. The summed E-state index contributed by atoms with van der Waals surface area (Å²) in [5, 5.41) is -0.566. The normalized spacial score (nSPS) is 19.0. The summed E-state index contributed by atoms with van der Waals surface area (Å²) in [5.74, 6) is 1.75. The number of nitrogens with two attached hydrogens (primary N) is 1. The molecular weight excluding hydrogens is 376 g/mol. The van der Waals surface area contributed by atoms with E-state index in [1.165, 1.54) is 12.8 Å². The fourth-order valence-corrected chi connectivity index (χ4v) is 3.82. The van der Waals surface area contributed by atoms with Crippen LogP contribution in [0.2, 0.25) is 0 Å². The molecular formula is C18H26N8OS. The Bertz CT molecular complexity index is 765. The van der Waals surface area contributed by atoms with Gasteiger partial charge in [0.05, 0.1) is 31.6 Å². The van der Waals surface area contributed by atoms with E-state index in [1.807, 2.05) is 0 Å². The van der Waals surface area contributed by atoms with Gasteiger partial charge >= 0.3 is 0 Å². The lowest BCUT2D eigenvalue weighted by molar-refractivity contribution is 0.122. The molecule has 0 radical (unpaired) electrons. The Morgan fingerprint density at radius 2 is 1.96 bits per heavy atom. The first-order valence-corrected chi connectivity index (χ1v) is 10.3. The van der Waals surface area contributed by atoms with Gasteiger partial charge in [0.15, 0.2) is 5.82 Å². The molecule has 1 aliphatic heterocycles. The topological polar surface area (TPSA) is 106 Å². The standard InChI is InChI=1S/C18H26N8OS/c19-15(28)16-22-17(25-7-9-27-10-8-25)24-18(23-16)26(14-3-1-2-4-14)12-13-11-20-5-6-21-13/h5-6,11,14-15,28H,1-4,7-10,12,19H2. The van der Waals surface area contributed by atoms with Crippen molar-refractivity contribution < 1.29 is 4.74 Å². The first kappa shape index (κ1) is 19.3. The molecule has 2 N–H and O–H groups in total. The molecule has 0 amide bonds. The second-order valence-electron chi connectivity index (χ2n) is 7.10. The lowest BCUT2D eigenvalue weighted by Gasteiger charge is -2.31. The lowest BCUT2D eigenvalue weighted by Crippen LogP contribution is -2.39. The molecule has 2 aromatic rings. The van der Waals surface area contributed by atoms with Gasteiger partial charge in [0.25, 0.3) is 0 Å². The number of ether oxygens (including phenoxy) is 1. The van der Waals surface area contributed by atoms with Crippen molar-refractivity contribution in [3.8, 4) is 0 Å². The van der Waals surface area contributed by atoms with Gasteiger partial charge in [-0.05, 0) is 12.8 Å². The minimum atomic E-state index is -0.566. The molecule has 2 aromatic heterocycles. The van der Waals surface area contributed by atoms with E-state index in [9.17, 15) is 0 Å². The van der Waals surface area contributed by atoms with Crippen LogP contribution in [0, 0.1) is 0 Å². The lowest BCUT2D eigenvalue weighted by atomic mass is 10.2. The van der Waals surface area contributed by atoms with Crippen LogP contribution in [-0.4, -0.2) is 57.3 Å². The third kappa shape index (κ3) is 4.50. The molecule has 1 atom stereocenters. The number of aromatic nitrogens is 5. The summed E-state index contributed by atoms with van der Waals surface area (Å²) in [6, 6.07) is 0.367. The van der Waals surface area contributed by atoms with Gasteiger partial charge in [0, 0.05) is 31.5 Å². The predicted molar refractivity (Wildman–Crippen MR) is 109 cm³/mol. The van der Waals surface area contributed by atoms with E-state index in [0.717, 1.165) is 31.6 Å². The fraction of sp³-hybridized carbons (Fsp3) is 0.611. The van der Waals surface area contributed by atoms with E-state index in [-0.39, 0.29) is 0 Å². The molecule has 1 saturated heterocycles. The maximum Gasteiger partial charge on any atom is 0.231 e. The number of hydrogen-bond acceptors (Lipinski definition) is 10. The second kappa shape index (κ2) is 8.97. The fourth-order valence-electron chi connectivity index (χ4n) is 3.70. The zero-order valence-corrected chi connectivity index (χ0v) is 16.7. The number of thiol groups is 1. The Morgan fingerprint density at radius 3 is 2.64 bits per heavy atom. The number of hydrogen-bond donors (Lipinski definition) is 2. The zero-order valence-electron chi connectivity index (χ0n) is 15.8. The van der Waals surface area contributed by atoms with Gasteiger partial charge in [-0.3, -0.25) is 9.97 Å². The zero-order chi connectivity index (χ0) is 19.3. The van der Waals surface area contributed by atoms with Gasteiger partial charge in [0.1, 0.15) is 5.37 Å². The number of morpholine rings is 1. The number of rotatable bonds is 6. The Hall–Kier alpha value is -2.04. The van der Waals surface area contributed by atoms with E-state index in [4.69, 9.17) is 15.5 Å². The van der Waals surface area contributed by atoms with Crippen LogP contribution in [-0.2, 0) is 11.3 Å². The molecule has 2 aliphatic rings. The predicted octanol–water partition coefficient (Wildman–Crippen LogP) is 1.33. The van der Waals surface area contributed by atoms with Crippen LogP contribution in [0.25, 0.3) is 0 Å². The van der Waals surface area contributed by atoms with Crippen LogP contribution >= 0.6 is 12.6 Å². The Morgan fingerprint density at radius 1 is 1.18 bits per heavy atom. The van der Waals surface area contributed by atoms with Crippen molar-refractivity contribution in [1.82, 2.24) is 24.9 Å². The first-order valence-electron chi connectivity index (χ1n) is 9.74. The van der Waals surface area contributed by atoms with Crippen LogP contribution in [0.3, 0.4) is 0 Å². The largest absolute Gasteiger partial charge is 0.378 e. The smallest absolute Gasteiger partial charge is 0.231 e. The van der Waals surface area contributed by atoms with Crippen LogP contribution in [0.4, 0.5) is 11.9 Å². The highest BCUT2D eigenvalue weighted by Gasteiger charge is 2.28. The summed E-state index contributed by atoms with van der Waals surface area (Å²) in [6.45, 7) is 3.42. The van der Waals surface area contributed by atoms with Crippen LogP contribution < -0.4 is 15.5 Å². The SMILES string of the molecule is NC(S)c1nc(N2CCOCC2)nc(N(Cc2cnccn2)C2CCCC2)n1. The van der Waals surface area contributed by atoms with Crippen LogP contribution in [0.1, 0.15) is 42.6 Å². The molecule has 0 bridgehead atoms. The molecule has 150 valence electrons. The molecule has 1 unspecified atom stereocenters. The molecule has 3 heterocycles. The average molecular weight is 403 g/mol. The Kier molecular flexibility index (Phi) is 6.18. The van der Waals surface area contributed by atoms with Crippen molar-refractivity contribution >= 4 is 24.5 Å². The summed E-state index contributed by atoms with van der Waals surface area (Å²) >= 11 is 4.36. The number of nitrogens with zero attached hydrogens (tertiary/aromatic N) is 7. The monoisotopic (exact) mass is 402 g/mol. The van der Waals surface area contributed by atoms with Gasteiger partial charge in [-0.2, -0.15) is 27.6 Å². The van der Waals surface area contributed by atoms with E-state index in [2.05, 4.69) is 42.4 Å². The van der Waals surface area contributed by atoms with E-state index in [1.54, 1.807) is 18.6 Å². The van der Waals surface area contributed by atoms with Crippen molar-refractivity contribution in [1.29, 1.82) is 0 Å². The van der Waals surface area contributed by atoms with Gasteiger partial charge in [-0.25, -0.2) is 0 Å². The summed E-state index contributed by atoms with van der Waals surface area (Å²) in [5.41, 5.74) is 6.90. The maximum absolute atomic E-state index is 6.01. The van der Waals surface area contributed by atoms with Crippen LogP contribution in [0.15, 0.2) is 18.6 Å². The Balaban J connectivity index is 1.70. The highest BCUT2D eigenvalue weighted by Crippen LogP contribution is 2.29. The minimum absolute atomic E-state index is 0.367. The summed E-state index contributed by atoms with van der Waals surface area (Å²) in [4.78, 5) is 27.0. The highest BCUT2D eigenvalue weighted by molar-refractivity contribution is 7.80. The van der Waals surface area contributed by atoms with Crippen molar-refractivity contribution in [3.05, 3.63) is 30.1 Å². The van der Waals surface area contributed by atoms with Crippen LogP contribution in [0.5, 0.6) is 0 Å². The molecule has 1 aliphatic carbocycles. The van der Waals surface area contributed by atoms with Gasteiger partial charge in [-0.15, -0.1) is 0 Å². The van der Waals surface area contributed by atoms with Crippen molar-refractivity contribution in [2.75, 3.05) is 36.1 Å². The maximum atomic E-state index is 6.01. The van der Waals surface area contributed by atoms with E-state index >= 15 is 0 Å². The van der Waals surface area contributed by atoms with Crippen molar-refractivity contribution in [3.63, 3.8) is 0 Å². The summed E-state index contributed by atoms with van der Waals surface area (Å²) in [6.07, 6.45) is 9.83. The van der Waals surface area contributed by atoms with Gasteiger partial charge in [-0.1, -0.05) is 12.8 Å².